The van der Waals surface area contributed by atoms with Gasteiger partial charge in [0.05, 0.1) is 31.1 Å². The van der Waals surface area contributed by atoms with Crippen LogP contribution in [0.2, 0.25) is 5.02 Å². The summed E-state index contributed by atoms with van der Waals surface area (Å²) in [7, 11) is 0. The molecule has 2 atom stereocenters. The third kappa shape index (κ3) is 5.02. The fraction of sp³-hybridized carbons (Fsp3) is 0.318. The van der Waals surface area contributed by atoms with Crippen molar-refractivity contribution in [1.29, 1.82) is 0 Å². The lowest BCUT2D eigenvalue weighted by atomic mass is 9.94. The Morgan fingerprint density at radius 2 is 1.93 bits per heavy atom. The molecule has 2 heterocycles. The van der Waals surface area contributed by atoms with Crippen molar-refractivity contribution in [3.8, 4) is 0 Å². The Kier molecular flexibility index (Phi) is 6.22. The Bertz CT molecular complexity index is 943. The van der Waals surface area contributed by atoms with Crippen molar-refractivity contribution in [3.05, 3.63) is 82.6 Å². The highest BCUT2D eigenvalue weighted by Gasteiger charge is 2.24. The first-order valence-corrected chi connectivity index (χ1v) is 10.1. The van der Waals surface area contributed by atoms with Crippen LogP contribution < -0.4 is 5.32 Å². The molecule has 2 aromatic carbocycles. The van der Waals surface area contributed by atoms with E-state index in [0.717, 1.165) is 16.8 Å². The number of hydrogen-bond acceptors (Lipinski definition) is 4. The molecule has 1 aliphatic rings. The second-order valence-electron chi connectivity index (χ2n) is 7.25. The minimum absolute atomic E-state index is 0.0148. The van der Waals surface area contributed by atoms with Crippen molar-refractivity contribution in [2.24, 2.45) is 5.92 Å². The average molecular weight is 411 g/mol. The van der Waals surface area contributed by atoms with Crippen LogP contribution in [0.15, 0.2) is 60.8 Å². The molecule has 29 heavy (non-hydrogen) atoms. The molecular formula is C22H23ClN4O2. The number of nitrogens with zero attached hydrogens (tertiary/aromatic N) is 3. The van der Waals surface area contributed by atoms with Gasteiger partial charge in [-0.25, -0.2) is 4.68 Å². The zero-order chi connectivity index (χ0) is 20.1. The molecule has 0 fully saturated rings. The third-order valence-corrected chi connectivity index (χ3v) is 5.46. The molecule has 3 aromatic rings. The lowest BCUT2D eigenvalue weighted by Gasteiger charge is -2.22. The quantitative estimate of drug-likeness (QED) is 0.716. The van der Waals surface area contributed by atoms with E-state index in [4.69, 9.17) is 16.3 Å². The summed E-state index contributed by atoms with van der Waals surface area (Å²) in [4.78, 5) is 13.2. The first-order valence-electron chi connectivity index (χ1n) is 9.74. The smallest absolute Gasteiger partial charge is 0.224 e. The summed E-state index contributed by atoms with van der Waals surface area (Å²) < 4.78 is 7.73. The van der Waals surface area contributed by atoms with Gasteiger partial charge in [0.15, 0.2) is 0 Å². The number of carbonyl (C=O) groups is 1. The molecule has 6 nitrogen and oxygen atoms in total. The predicted molar refractivity (Wildman–Crippen MR) is 110 cm³/mol. The standard InChI is InChI=1S/C22H23ClN4O2/c23-19-8-6-16(7-9-19)12-18-10-11-27-20(13-24-26-27)14-29-15-21(25-22(18)28)17-4-2-1-3-5-17/h1-9,13,18,21H,10-12,14-15H2,(H,25,28)/t18-,21+/m1/s1. The van der Waals surface area contributed by atoms with E-state index in [9.17, 15) is 4.79 Å². The largest absolute Gasteiger partial charge is 0.373 e. The molecule has 0 saturated heterocycles. The number of amides is 1. The van der Waals surface area contributed by atoms with Crippen LogP contribution in [0.5, 0.6) is 0 Å². The highest BCUT2D eigenvalue weighted by atomic mass is 35.5. The molecule has 0 bridgehead atoms. The molecule has 1 amide bonds. The van der Waals surface area contributed by atoms with Crippen LogP contribution in [0.25, 0.3) is 0 Å². The van der Waals surface area contributed by atoms with Gasteiger partial charge in [-0.3, -0.25) is 4.79 Å². The Morgan fingerprint density at radius 1 is 1.14 bits per heavy atom. The number of aromatic nitrogens is 3. The monoisotopic (exact) mass is 410 g/mol. The molecule has 150 valence electrons. The van der Waals surface area contributed by atoms with Crippen molar-refractivity contribution in [2.45, 2.75) is 32.0 Å². The SMILES string of the molecule is O=C1N[C@H](c2ccccc2)COCc2cnnn2CC[C@@H]1Cc1ccc(Cl)cc1. The fourth-order valence-electron chi connectivity index (χ4n) is 3.57. The Labute approximate surface area is 174 Å². The molecule has 0 unspecified atom stereocenters. The minimum Gasteiger partial charge on any atom is -0.373 e. The summed E-state index contributed by atoms with van der Waals surface area (Å²) in [6.07, 6.45) is 3.01. The number of aryl methyl sites for hydroxylation is 1. The topological polar surface area (TPSA) is 69.0 Å². The molecule has 1 aliphatic heterocycles. The van der Waals surface area contributed by atoms with E-state index in [2.05, 4.69) is 15.6 Å². The third-order valence-electron chi connectivity index (χ3n) is 5.21. The van der Waals surface area contributed by atoms with Crippen molar-refractivity contribution in [2.75, 3.05) is 6.61 Å². The number of carbonyl (C=O) groups excluding carboxylic acids is 1. The van der Waals surface area contributed by atoms with Gasteiger partial charge in [0.2, 0.25) is 5.91 Å². The summed E-state index contributed by atoms with van der Waals surface area (Å²) >= 11 is 6.01. The summed E-state index contributed by atoms with van der Waals surface area (Å²) in [5, 5.41) is 12.0. The van der Waals surface area contributed by atoms with E-state index >= 15 is 0 Å². The number of hydrogen-bond donors (Lipinski definition) is 1. The Balaban J connectivity index is 1.59. The van der Waals surface area contributed by atoms with Gasteiger partial charge in [-0.2, -0.15) is 0 Å². The second kappa shape index (κ2) is 9.20. The molecule has 0 radical (unpaired) electrons. The number of rotatable bonds is 3. The summed E-state index contributed by atoms with van der Waals surface area (Å²) in [5.41, 5.74) is 3.02. The van der Waals surface area contributed by atoms with Gasteiger partial charge in [0, 0.05) is 17.5 Å². The zero-order valence-electron chi connectivity index (χ0n) is 16.0. The number of ether oxygens (including phenoxy) is 1. The van der Waals surface area contributed by atoms with Gasteiger partial charge in [0.25, 0.3) is 0 Å². The molecule has 1 N–H and O–H groups in total. The van der Waals surface area contributed by atoms with Gasteiger partial charge in [-0.15, -0.1) is 5.10 Å². The van der Waals surface area contributed by atoms with Gasteiger partial charge >= 0.3 is 0 Å². The summed E-state index contributed by atoms with van der Waals surface area (Å²) in [6, 6.07) is 17.4. The molecule has 1 aromatic heterocycles. The molecule has 0 saturated carbocycles. The lowest BCUT2D eigenvalue weighted by Crippen LogP contribution is -2.37. The highest BCUT2D eigenvalue weighted by Crippen LogP contribution is 2.21. The molecule has 7 heteroatoms. The van der Waals surface area contributed by atoms with E-state index in [1.54, 1.807) is 6.20 Å². The lowest BCUT2D eigenvalue weighted by molar-refractivity contribution is -0.126. The van der Waals surface area contributed by atoms with Crippen LogP contribution in [0, 0.1) is 5.92 Å². The van der Waals surface area contributed by atoms with Crippen molar-refractivity contribution in [3.63, 3.8) is 0 Å². The van der Waals surface area contributed by atoms with Gasteiger partial charge in [-0.1, -0.05) is 59.3 Å². The first kappa shape index (κ1) is 19.6. The zero-order valence-corrected chi connectivity index (χ0v) is 16.8. The fourth-order valence-corrected chi connectivity index (χ4v) is 3.69. The summed E-state index contributed by atoms with van der Waals surface area (Å²) in [6.45, 7) is 1.41. The minimum atomic E-state index is -0.209. The van der Waals surface area contributed by atoms with E-state index in [1.807, 2.05) is 59.3 Å². The Hall–Kier alpha value is -2.70. The van der Waals surface area contributed by atoms with E-state index in [1.165, 1.54) is 0 Å². The van der Waals surface area contributed by atoms with Gasteiger partial charge < -0.3 is 10.1 Å². The maximum absolute atomic E-state index is 13.2. The first-order chi connectivity index (χ1) is 14.2. The number of halogens is 1. The predicted octanol–water partition coefficient (Wildman–Crippen LogP) is 3.57. The number of benzene rings is 2. The van der Waals surface area contributed by atoms with Crippen LogP contribution in [0.4, 0.5) is 0 Å². The van der Waals surface area contributed by atoms with Gasteiger partial charge in [-0.05, 0) is 36.1 Å². The highest BCUT2D eigenvalue weighted by molar-refractivity contribution is 6.30. The van der Waals surface area contributed by atoms with Crippen LogP contribution in [0.3, 0.4) is 0 Å². The average Bonchev–Trinajstić information content (AvgIpc) is 3.18. The van der Waals surface area contributed by atoms with E-state index < -0.39 is 0 Å². The van der Waals surface area contributed by atoms with Crippen LogP contribution >= 0.6 is 11.6 Å². The second-order valence-corrected chi connectivity index (χ2v) is 7.69. The van der Waals surface area contributed by atoms with Crippen LogP contribution in [0.1, 0.15) is 29.3 Å². The molecule has 0 aliphatic carbocycles. The Morgan fingerprint density at radius 3 is 2.72 bits per heavy atom. The van der Waals surface area contributed by atoms with Crippen LogP contribution in [-0.2, 0) is 29.1 Å². The van der Waals surface area contributed by atoms with E-state index in [0.29, 0.717) is 37.6 Å². The van der Waals surface area contributed by atoms with E-state index in [-0.39, 0.29) is 17.9 Å². The molecule has 4 rings (SSSR count). The number of fused-ring (bicyclic) bond motifs is 1. The normalized spacial score (nSPS) is 20.4. The summed E-state index contributed by atoms with van der Waals surface area (Å²) in [5.74, 6) is -0.182. The van der Waals surface area contributed by atoms with Gasteiger partial charge in [0.1, 0.15) is 0 Å². The maximum atomic E-state index is 13.2. The molecular weight excluding hydrogens is 388 g/mol. The van der Waals surface area contributed by atoms with Crippen molar-refractivity contribution >= 4 is 17.5 Å². The number of nitrogens with one attached hydrogen (secondary N) is 1. The van der Waals surface area contributed by atoms with Crippen molar-refractivity contribution < 1.29 is 9.53 Å². The molecule has 0 spiro atoms. The van der Waals surface area contributed by atoms with Crippen LogP contribution in [-0.4, -0.2) is 27.5 Å². The van der Waals surface area contributed by atoms with Crippen molar-refractivity contribution in [1.82, 2.24) is 20.3 Å². The maximum Gasteiger partial charge on any atom is 0.224 e.